The number of nitrogens with one attached hydrogen (secondary N) is 1. The topological polar surface area (TPSA) is 38.3 Å². The third-order valence-electron chi connectivity index (χ3n) is 3.13. The Morgan fingerprint density at radius 2 is 1.82 bits per heavy atom. The fraction of sp³-hybridized carbons (Fsp3) is 0.167. The molecular weight excluding hydrogens is 281 g/mol. The lowest BCUT2D eigenvalue weighted by Crippen LogP contribution is -2.19. The zero-order valence-electron chi connectivity index (χ0n) is 12.6. The van der Waals surface area contributed by atoms with E-state index in [1.165, 1.54) is 13.0 Å². The summed E-state index contributed by atoms with van der Waals surface area (Å²) in [6.07, 6.45) is 1.94. The fourth-order valence-corrected chi connectivity index (χ4v) is 1.91. The lowest BCUT2D eigenvalue weighted by atomic mass is 10.1. The van der Waals surface area contributed by atoms with Crippen LogP contribution in [0.25, 0.3) is 5.57 Å². The summed E-state index contributed by atoms with van der Waals surface area (Å²) in [7, 11) is 0. The Hall–Kier alpha value is -2.62. The highest BCUT2D eigenvalue weighted by Gasteiger charge is 2.03. The number of carbonyl (C=O) groups is 1. The predicted molar refractivity (Wildman–Crippen MR) is 85.3 cm³/mol. The molecule has 0 aromatic heterocycles. The fourth-order valence-electron chi connectivity index (χ4n) is 1.91. The average Bonchev–Trinajstić information content (AvgIpc) is 2.50. The Bertz CT molecular complexity index is 678. The number of rotatable bonds is 5. The minimum atomic E-state index is -0.391. The van der Waals surface area contributed by atoms with Gasteiger partial charge in [-0.15, -0.1) is 0 Å². The molecule has 0 unspecified atom stereocenters. The predicted octanol–water partition coefficient (Wildman–Crippen LogP) is 4.16. The van der Waals surface area contributed by atoms with E-state index < -0.39 is 5.82 Å². The molecule has 0 bridgehead atoms. The van der Waals surface area contributed by atoms with Gasteiger partial charge >= 0.3 is 0 Å². The number of amides is 1. The van der Waals surface area contributed by atoms with Crippen LogP contribution in [-0.2, 0) is 4.79 Å². The molecule has 0 heterocycles. The van der Waals surface area contributed by atoms with E-state index in [9.17, 15) is 9.18 Å². The molecule has 0 fully saturated rings. The number of allylic oxidation sites excluding steroid dienone is 1. The van der Waals surface area contributed by atoms with Crippen LogP contribution in [0, 0.1) is 5.82 Å². The standard InChI is InChI=1S/C18H18FNO2/c1-13(11-12-20-14(2)21)15-7-9-16(10-8-15)22-18-6-4-3-5-17(18)19/h3-11H,12H2,1-2H3,(H,20,21). The quantitative estimate of drug-likeness (QED) is 0.900. The largest absolute Gasteiger partial charge is 0.454 e. The minimum Gasteiger partial charge on any atom is -0.454 e. The van der Waals surface area contributed by atoms with Crippen LogP contribution in [0.4, 0.5) is 4.39 Å². The van der Waals surface area contributed by atoms with E-state index in [4.69, 9.17) is 4.74 Å². The first-order valence-corrected chi connectivity index (χ1v) is 7.00. The van der Waals surface area contributed by atoms with E-state index >= 15 is 0 Å². The van der Waals surface area contributed by atoms with Crippen molar-refractivity contribution >= 4 is 11.5 Å². The molecule has 2 aromatic carbocycles. The number of benzene rings is 2. The lowest BCUT2D eigenvalue weighted by Gasteiger charge is -2.08. The van der Waals surface area contributed by atoms with Crippen molar-refractivity contribution in [1.29, 1.82) is 0 Å². The molecule has 3 nitrogen and oxygen atoms in total. The summed E-state index contributed by atoms with van der Waals surface area (Å²) in [6.45, 7) is 3.95. The average molecular weight is 299 g/mol. The van der Waals surface area contributed by atoms with Crippen LogP contribution in [0.3, 0.4) is 0 Å². The van der Waals surface area contributed by atoms with E-state index in [2.05, 4.69) is 5.32 Å². The molecule has 0 atom stereocenters. The van der Waals surface area contributed by atoms with Gasteiger partial charge in [-0.05, 0) is 42.3 Å². The van der Waals surface area contributed by atoms with Crippen LogP contribution >= 0.6 is 0 Å². The van der Waals surface area contributed by atoms with Crippen molar-refractivity contribution in [2.75, 3.05) is 6.54 Å². The van der Waals surface area contributed by atoms with E-state index in [-0.39, 0.29) is 11.7 Å². The minimum absolute atomic E-state index is 0.0577. The Balaban J connectivity index is 2.04. The zero-order chi connectivity index (χ0) is 15.9. The molecule has 114 valence electrons. The smallest absolute Gasteiger partial charge is 0.217 e. The maximum absolute atomic E-state index is 13.5. The number of hydrogen-bond acceptors (Lipinski definition) is 2. The van der Waals surface area contributed by atoms with E-state index in [1.54, 1.807) is 30.3 Å². The highest BCUT2D eigenvalue weighted by molar-refractivity contribution is 5.73. The Morgan fingerprint density at radius 3 is 2.45 bits per heavy atom. The van der Waals surface area contributed by atoms with Crippen LogP contribution in [0.15, 0.2) is 54.6 Å². The number of hydrogen-bond donors (Lipinski definition) is 1. The van der Waals surface area contributed by atoms with Gasteiger partial charge in [-0.3, -0.25) is 4.79 Å². The molecule has 0 saturated carbocycles. The molecule has 22 heavy (non-hydrogen) atoms. The van der Waals surface area contributed by atoms with Crippen molar-refractivity contribution in [3.8, 4) is 11.5 Å². The van der Waals surface area contributed by atoms with Gasteiger partial charge in [-0.1, -0.05) is 30.3 Å². The normalized spacial score (nSPS) is 11.1. The number of para-hydroxylation sites is 1. The van der Waals surface area contributed by atoms with Gasteiger partial charge in [0.25, 0.3) is 0 Å². The number of carbonyl (C=O) groups excluding carboxylic acids is 1. The van der Waals surface area contributed by atoms with Crippen LogP contribution in [0.5, 0.6) is 11.5 Å². The van der Waals surface area contributed by atoms with Crippen molar-refractivity contribution in [3.05, 3.63) is 66.0 Å². The molecule has 0 saturated heterocycles. The van der Waals surface area contributed by atoms with Crippen molar-refractivity contribution in [2.24, 2.45) is 0 Å². The number of ether oxygens (including phenoxy) is 1. The van der Waals surface area contributed by atoms with Crippen molar-refractivity contribution in [3.63, 3.8) is 0 Å². The molecule has 2 aromatic rings. The summed E-state index contributed by atoms with van der Waals surface area (Å²) in [5.74, 6) is 0.326. The Morgan fingerprint density at radius 1 is 1.14 bits per heavy atom. The zero-order valence-corrected chi connectivity index (χ0v) is 12.6. The first-order chi connectivity index (χ1) is 10.6. The maximum Gasteiger partial charge on any atom is 0.217 e. The summed E-state index contributed by atoms with van der Waals surface area (Å²) in [5, 5.41) is 2.71. The summed E-state index contributed by atoms with van der Waals surface area (Å²) >= 11 is 0. The number of halogens is 1. The summed E-state index contributed by atoms with van der Waals surface area (Å²) in [4.78, 5) is 10.8. The first kappa shape index (κ1) is 15.8. The SMILES string of the molecule is CC(=O)NCC=C(C)c1ccc(Oc2ccccc2F)cc1. The maximum atomic E-state index is 13.5. The van der Waals surface area contributed by atoms with Gasteiger partial charge < -0.3 is 10.1 Å². The monoisotopic (exact) mass is 299 g/mol. The Labute approximate surface area is 129 Å². The van der Waals surface area contributed by atoms with Gasteiger partial charge in [-0.2, -0.15) is 0 Å². The second-order valence-electron chi connectivity index (χ2n) is 4.88. The molecule has 0 aliphatic heterocycles. The molecule has 4 heteroatoms. The highest BCUT2D eigenvalue weighted by Crippen LogP contribution is 2.25. The van der Waals surface area contributed by atoms with Crippen LogP contribution < -0.4 is 10.1 Å². The third kappa shape index (κ3) is 4.45. The van der Waals surface area contributed by atoms with Crippen molar-refractivity contribution < 1.29 is 13.9 Å². The van der Waals surface area contributed by atoms with Gasteiger partial charge in [0, 0.05) is 13.5 Å². The second-order valence-corrected chi connectivity index (χ2v) is 4.88. The third-order valence-corrected chi connectivity index (χ3v) is 3.13. The van der Waals surface area contributed by atoms with Crippen molar-refractivity contribution in [1.82, 2.24) is 5.32 Å². The van der Waals surface area contributed by atoms with Gasteiger partial charge in [0.2, 0.25) is 5.91 Å². The van der Waals surface area contributed by atoms with Crippen LogP contribution in [0.1, 0.15) is 19.4 Å². The van der Waals surface area contributed by atoms with Gasteiger partial charge in [0.05, 0.1) is 0 Å². The molecular formula is C18H18FNO2. The second kappa shape index (κ2) is 7.41. The molecule has 0 spiro atoms. The highest BCUT2D eigenvalue weighted by atomic mass is 19.1. The van der Waals surface area contributed by atoms with Gasteiger partial charge in [-0.25, -0.2) is 4.39 Å². The summed E-state index contributed by atoms with van der Waals surface area (Å²) < 4.78 is 19.0. The van der Waals surface area contributed by atoms with Gasteiger partial charge in [0.1, 0.15) is 5.75 Å². The van der Waals surface area contributed by atoms with E-state index in [1.807, 2.05) is 25.1 Å². The first-order valence-electron chi connectivity index (χ1n) is 7.00. The summed E-state index contributed by atoms with van der Waals surface area (Å²) in [6, 6.07) is 13.7. The molecule has 1 N–H and O–H groups in total. The molecule has 0 aliphatic rings. The molecule has 0 radical (unpaired) electrons. The molecule has 1 amide bonds. The molecule has 2 rings (SSSR count). The van der Waals surface area contributed by atoms with Crippen LogP contribution in [0.2, 0.25) is 0 Å². The van der Waals surface area contributed by atoms with Crippen LogP contribution in [-0.4, -0.2) is 12.5 Å². The Kier molecular flexibility index (Phi) is 5.31. The van der Waals surface area contributed by atoms with E-state index in [0.717, 1.165) is 11.1 Å². The lowest BCUT2D eigenvalue weighted by molar-refractivity contribution is -0.118. The van der Waals surface area contributed by atoms with E-state index in [0.29, 0.717) is 12.3 Å². The van der Waals surface area contributed by atoms with Gasteiger partial charge in [0.15, 0.2) is 11.6 Å². The summed E-state index contributed by atoms with van der Waals surface area (Å²) in [5.41, 5.74) is 2.07. The van der Waals surface area contributed by atoms with Crippen molar-refractivity contribution in [2.45, 2.75) is 13.8 Å². The molecule has 0 aliphatic carbocycles.